The third-order valence-corrected chi connectivity index (χ3v) is 3.85. The Kier molecular flexibility index (Phi) is 3.73. The second-order valence-electron chi connectivity index (χ2n) is 5.53. The Morgan fingerprint density at radius 1 is 1.32 bits per heavy atom. The predicted molar refractivity (Wildman–Crippen MR) is 73.6 cm³/mol. The van der Waals surface area contributed by atoms with Gasteiger partial charge >= 0.3 is 5.97 Å². The molecular weight excluding hydrogens is 242 g/mol. The molecule has 0 spiro atoms. The van der Waals surface area contributed by atoms with Gasteiger partial charge in [-0.15, -0.1) is 5.10 Å². The Bertz CT molecular complexity index is 496. The number of hydrogen-bond donors (Lipinski definition) is 2. The maximum atomic E-state index is 11.5. The highest BCUT2D eigenvalue weighted by molar-refractivity contribution is 5.95. The van der Waals surface area contributed by atoms with Gasteiger partial charge in [0.15, 0.2) is 5.82 Å². The van der Waals surface area contributed by atoms with Crippen LogP contribution in [0, 0.1) is 5.41 Å². The molecule has 1 heterocycles. The number of anilines is 1. The Balaban J connectivity index is 2.33. The first-order chi connectivity index (χ1) is 9.00. The van der Waals surface area contributed by atoms with Crippen LogP contribution in [-0.4, -0.2) is 27.8 Å². The molecule has 1 fully saturated rings. The number of nitrogens with one attached hydrogen (secondary N) is 1. The molecular formula is C14H21N3O2. The maximum Gasteiger partial charge on any atom is 0.339 e. The average Bonchev–Trinajstić information content (AvgIpc) is 3.13. The third kappa shape index (κ3) is 2.85. The third-order valence-electron chi connectivity index (χ3n) is 3.85. The second kappa shape index (κ2) is 5.15. The maximum absolute atomic E-state index is 11.5. The highest BCUT2D eigenvalue weighted by Crippen LogP contribution is 2.44. The van der Waals surface area contributed by atoms with Crippen LogP contribution in [0.1, 0.15) is 55.2 Å². The molecule has 0 bridgehead atoms. The average molecular weight is 263 g/mol. The molecule has 0 radical (unpaired) electrons. The van der Waals surface area contributed by atoms with E-state index in [1.54, 1.807) is 0 Å². The molecule has 1 saturated carbocycles. The Labute approximate surface area is 113 Å². The molecule has 1 aliphatic rings. The summed E-state index contributed by atoms with van der Waals surface area (Å²) in [7, 11) is 0. The van der Waals surface area contributed by atoms with Gasteiger partial charge in [0.25, 0.3) is 0 Å². The van der Waals surface area contributed by atoms with Crippen molar-refractivity contribution in [2.24, 2.45) is 5.41 Å². The van der Waals surface area contributed by atoms with Gasteiger partial charge in [-0.05, 0) is 36.7 Å². The number of nitrogens with zero attached hydrogens (tertiary/aromatic N) is 2. The van der Waals surface area contributed by atoms with Crippen LogP contribution in [0.25, 0.3) is 0 Å². The molecule has 0 saturated heterocycles. The van der Waals surface area contributed by atoms with Crippen molar-refractivity contribution in [3.8, 4) is 0 Å². The van der Waals surface area contributed by atoms with Gasteiger partial charge in [0.05, 0.1) is 5.69 Å². The number of aromatic nitrogens is 2. The molecule has 1 aromatic rings. The van der Waals surface area contributed by atoms with Crippen LogP contribution >= 0.6 is 0 Å². The van der Waals surface area contributed by atoms with E-state index in [-0.39, 0.29) is 0 Å². The smallest absolute Gasteiger partial charge is 0.339 e. The summed E-state index contributed by atoms with van der Waals surface area (Å²) in [6, 6.07) is 0. The first kappa shape index (κ1) is 13.8. The van der Waals surface area contributed by atoms with Crippen molar-refractivity contribution in [2.75, 3.05) is 11.9 Å². The minimum atomic E-state index is -0.926. The molecule has 0 amide bonds. The fourth-order valence-electron chi connectivity index (χ4n) is 2.21. The first-order valence-electron chi connectivity index (χ1n) is 6.86. The van der Waals surface area contributed by atoms with Gasteiger partial charge in [-0.1, -0.05) is 20.8 Å². The summed E-state index contributed by atoms with van der Waals surface area (Å²) in [5.74, 6) is -0.514. The van der Waals surface area contributed by atoms with Gasteiger partial charge in [0.2, 0.25) is 0 Å². The Hall–Kier alpha value is -1.65. The largest absolute Gasteiger partial charge is 0.478 e. The molecule has 0 aromatic carbocycles. The van der Waals surface area contributed by atoms with Gasteiger partial charge < -0.3 is 10.4 Å². The lowest BCUT2D eigenvalue weighted by molar-refractivity contribution is 0.0696. The minimum Gasteiger partial charge on any atom is -0.478 e. The summed E-state index contributed by atoms with van der Waals surface area (Å²) in [5.41, 5.74) is 2.17. The molecule has 5 nitrogen and oxygen atoms in total. The molecule has 0 atom stereocenters. The fraction of sp³-hybridized carbons (Fsp3) is 0.643. The van der Waals surface area contributed by atoms with Gasteiger partial charge in [-0.2, -0.15) is 5.10 Å². The van der Waals surface area contributed by atoms with E-state index in [0.717, 1.165) is 17.8 Å². The summed E-state index contributed by atoms with van der Waals surface area (Å²) in [5, 5.41) is 20.8. The van der Waals surface area contributed by atoms with Crippen LogP contribution in [0.15, 0.2) is 0 Å². The molecule has 2 N–H and O–H groups in total. The normalized spacial score (nSPS) is 16.2. The van der Waals surface area contributed by atoms with E-state index in [4.69, 9.17) is 0 Å². The van der Waals surface area contributed by atoms with Crippen LogP contribution < -0.4 is 5.32 Å². The molecule has 1 aliphatic carbocycles. The Morgan fingerprint density at radius 3 is 2.47 bits per heavy atom. The van der Waals surface area contributed by atoms with Gasteiger partial charge in [-0.25, -0.2) is 4.79 Å². The van der Waals surface area contributed by atoms with Crippen molar-refractivity contribution in [3.05, 3.63) is 16.8 Å². The molecule has 5 heteroatoms. The van der Waals surface area contributed by atoms with Crippen molar-refractivity contribution in [1.29, 1.82) is 0 Å². The molecule has 19 heavy (non-hydrogen) atoms. The monoisotopic (exact) mass is 263 g/mol. The van der Waals surface area contributed by atoms with E-state index in [9.17, 15) is 9.90 Å². The minimum absolute atomic E-state index is 0.290. The van der Waals surface area contributed by atoms with Gasteiger partial charge in [0.1, 0.15) is 5.56 Å². The zero-order valence-corrected chi connectivity index (χ0v) is 11.8. The zero-order valence-electron chi connectivity index (χ0n) is 11.8. The standard InChI is InChI=1S/C14H21N3O2/c1-4-9-10(5-2)16-17-12(11(9)13(18)19)15-8-14(3)6-7-14/h4-8H2,1-3H3,(H,15,17)(H,18,19). The van der Waals surface area contributed by atoms with Crippen LogP contribution in [0.3, 0.4) is 0 Å². The van der Waals surface area contributed by atoms with E-state index in [1.165, 1.54) is 12.8 Å². The number of rotatable bonds is 6. The van der Waals surface area contributed by atoms with E-state index >= 15 is 0 Å². The number of carboxylic acids is 1. The lowest BCUT2D eigenvalue weighted by Crippen LogP contribution is -2.19. The second-order valence-corrected chi connectivity index (χ2v) is 5.53. The number of carboxylic acid groups (broad SMARTS) is 1. The summed E-state index contributed by atoms with van der Waals surface area (Å²) >= 11 is 0. The highest BCUT2D eigenvalue weighted by atomic mass is 16.4. The van der Waals surface area contributed by atoms with E-state index in [0.29, 0.717) is 29.6 Å². The van der Waals surface area contributed by atoms with Crippen molar-refractivity contribution in [3.63, 3.8) is 0 Å². The topological polar surface area (TPSA) is 75.1 Å². The predicted octanol–water partition coefficient (Wildman–Crippen LogP) is 2.51. The summed E-state index contributed by atoms with van der Waals surface area (Å²) in [6.45, 7) is 6.87. The fourth-order valence-corrected chi connectivity index (χ4v) is 2.21. The number of aryl methyl sites for hydroxylation is 1. The van der Waals surface area contributed by atoms with Crippen LogP contribution in [0.2, 0.25) is 0 Å². The Morgan fingerprint density at radius 2 is 2.00 bits per heavy atom. The number of aromatic carboxylic acids is 1. The summed E-state index contributed by atoms with van der Waals surface area (Å²) in [6.07, 6.45) is 3.73. The molecule has 104 valence electrons. The lowest BCUT2D eigenvalue weighted by Gasteiger charge is -2.15. The lowest BCUT2D eigenvalue weighted by atomic mass is 10.0. The van der Waals surface area contributed by atoms with Crippen LogP contribution in [-0.2, 0) is 12.8 Å². The van der Waals surface area contributed by atoms with Gasteiger partial charge in [-0.3, -0.25) is 0 Å². The van der Waals surface area contributed by atoms with E-state index in [1.807, 2.05) is 13.8 Å². The molecule has 1 aromatic heterocycles. The SMILES string of the molecule is CCc1nnc(NCC2(C)CC2)c(C(=O)O)c1CC. The highest BCUT2D eigenvalue weighted by Gasteiger charge is 2.37. The summed E-state index contributed by atoms with van der Waals surface area (Å²) in [4.78, 5) is 11.5. The van der Waals surface area contributed by atoms with E-state index < -0.39 is 5.97 Å². The zero-order chi connectivity index (χ0) is 14.0. The van der Waals surface area contributed by atoms with Crippen molar-refractivity contribution in [2.45, 2.75) is 46.5 Å². The van der Waals surface area contributed by atoms with Crippen LogP contribution in [0.4, 0.5) is 5.82 Å². The van der Waals surface area contributed by atoms with Crippen molar-refractivity contribution in [1.82, 2.24) is 10.2 Å². The molecule has 2 rings (SSSR count). The molecule has 0 aliphatic heterocycles. The first-order valence-corrected chi connectivity index (χ1v) is 6.86. The van der Waals surface area contributed by atoms with Gasteiger partial charge in [0, 0.05) is 6.54 Å². The quantitative estimate of drug-likeness (QED) is 0.824. The van der Waals surface area contributed by atoms with Crippen LogP contribution in [0.5, 0.6) is 0 Å². The van der Waals surface area contributed by atoms with Crippen molar-refractivity contribution < 1.29 is 9.90 Å². The number of carbonyl (C=O) groups is 1. The van der Waals surface area contributed by atoms with E-state index in [2.05, 4.69) is 22.4 Å². The van der Waals surface area contributed by atoms with Crippen molar-refractivity contribution >= 4 is 11.8 Å². The molecule has 0 unspecified atom stereocenters. The summed E-state index contributed by atoms with van der Waals surface area (Å²) < 4.78 is 0. The number of hydrogen-bond acceptors (Lipinski definition) is 4.